The van der Waals surface area contributed by atoms with Crippen molar-refractivity contribution in [1.82, 2.24) is 10.2 Å². The Morgan fingerprint density at radius 2 is 1.82 bits per heavy atom. The predicted octanol–water partition coefficient (Wildman–Crippen LogP) is 1.85. The number of halogens is 1. The summed E-state index contributed by atoms with van der Waals surface area (Å²) in [5.74, 6) is 0.423. The van der Waals surface area contributed by atoms with Gasteiger partial charge >= 0.3 is 0 Å². The molecule has 10 heteroatoms. The van der Waals surface area contributed by atoms with Crippen molar-refractivity contribution in [3.8, 4) is 11.5 Å². The Hall–Kier alpha value is -3.82. The van der Waals surface area contributed by atoms with Crippen LogP contribution in [0.4, 0.5) is 15.8 Å². The monoisotopic (exact) mass is 455 g/mol. The third kappa shape index (κ3) is 5.00. The number of aliphatic imine (C=N–C) groups is 1. The Balaban J connectivity index is 1.45. The van der Waals surface area contributed by atoms with Crippen LogP contribution in [0.25, 0.3) is 0 Å². The van der Waals surface area contributed by atoms with Gasteiger partial charge in [-0.3, -0.25) is 14.9 Å². The minimum Gasteiger partial charge on any atom is -0.497 e. The Morgan fingerprint density at radius 3 is 2.52 bits per heavy atom. The van der Waals surface area contributed by atoms with E-state index in [4.69, 9.17) is 9.47 Å². The lowest BCUT2D eigenvalue weighted by Crippen LogP contribution is -2.56. The van der Waals surface area contributed by atoms with Crippen molar-refractivity contribution in [3.63, 3.8) is 0 Å². The highest BCUT2D eigenvalue weighted by Crippen LogP contribution is 2.29. The number of anilines is 2. The van der Waals surface area contributed by atoms with E-state index in [1.165, 1.54) is 20.3 Å². The highest BCUT2D eigenvalue weighted by molar-refractivity contribution is 6.06. The van der Waals surface area contributed by atoms with Gasteiger partial charge in [-0.05, 0) is 24.3 Å². The average Bonchev–Trinajstić information content (AvgIpc) is 2.84. The van der Waals surface area contributed by atoms with Gasteiger partial charge in [-0.15, -0.1) is 0 Å². The van der Waals surface area contributed by atoms with Crippen LogP contribution in [0.5, 0.6) is 11.5 Å². The van der Waals surface area contributed by atoms with Crippen molar-refractivity contribution in [3.05, 3.63) is 48.3 Å². The fourth-order valence-electron chi connectivity index (χ4n) is 3.88. The molecule has 9 nitrogen and oxygen atoms in total. The first-order valence-corrected chi connectivity index (χ1v) is 10.6. The lowest BCUT2D eigenvalue weighted by atomic mass is 10.1. The zero-order chi connectivity index (χ0) is 23.4. The highest BCUT2D eigenvalue weighted by Gasteiger charge is 2.31. The summed E-state index contributed by atoms with van der Waals surface area (Å²) in [7, 11) is 3.03. The summed E-state index contributed by atoms with van der Waals surface area (Å²) in [4.78, 5) is 33.6. The van der Waals surface area contributed by atoms with Crippen molar-refractivity contribution < 1.29 is 23.5 Å². The minimum atomic E-state index is -0.880. The first-order chi connectivity index (χ1) is 16.0. The summed E-state index contributed by atoms with van der Waals surface area (Å²) in [6, 6.07) is 10.8. The molecule has 0 spiro atoms. The number of nitrogens with one attached hydrogen (secondary N) is 2. The van der Waals surface area contributed by atoms with Crippen molar-refractivity contribution in [2.24, 2.45) is 4.99 Å². The standard InChI is InChI=1S/C23H26FN5O4/c1-32-15-7-8-20(33-2)17(13-15)25-22(31)18-14-21(30)27-23(26-18)29-11-9-28(10-12-29)19-6-4-3-5-16(19)24/h3-8,13,18H,9-12,14H2,1-2H3,(H,25,31)(H,26,27,30)/t18-/m1/s1. The number of para-hydroxylation sites is 1. The first kappa shape index (κ1) is 22.4. The zero-order valence-corrected chi connectivity index (χ0v) is 18.5. The molecular weight excluding hydrogens is 429 g/mol. The summed E-state index contributed by atoms with van der Waals surface area (Å²) in [5.41, 5.74) is 0.986. The molecule has 4 rings (SSSR count). The van der Waals surface area contributed by atoms with Crippen LogP contribution in [0.3, 0.4) is 0 Å². The van der Waals surface area contributed by atoms with Crippen LogP contribution in [0.2, 0.25) is 0 Å². The third-order valence-electron chi connectivity index (χ3n) is 5.65. The molecular formula is C23H26FN5O4. The summed E-state index contributed by atoms with van der Waals surface area (Å²) < 4.78 is 24.6. The van der Waals surface area contributed by atoms with Gasteiger partial charge in [0.1, 0.15) is 23.4 Å². The van der Waals surface area contributed by atoms with Gasteiger partial charge in [0.05, 0.1) is 32.0 Å². The van der Waals surface area contributed by atoms with E-state index in [9.17, 15) is 14.0 Å². The Kier molecular flexibility index (Phi) is 6.62. The number of amides is 2. The summed E-state index contributed by atoms with van der Waals surface area (Å²) in [6.45, 7) is 2.19. The second-order valence-electron chi connectivity index (χ2n) is 7.70. The van der Waals surface area contributed by atoms with Gasteiger partial charge in [0, 0.05) is 32.2 Å². The van der Waals surface area contributed by atoms with Crippen LogP contribution in [0.1, 0.15) is 6.42 Å². The lowest BCUT2D eigenvalue weighted by molar-refractivity contribution is -0.125. The highest BCUT2D eigenvalue weighted by atomic mass is 19.1. The number of ether oxygens (including phenoxy) is 2. The normalized spacial score (nSPS) is 18.3. The number of carbonyl (C=O) groups excluding carboxylic acids is 2. The van der Waals surface area contributed by atoms with Crippen LogP contribution < -0.4 is 25.0 Å². The Labute approximate surface area is 191 Å². The van der Waals surface area contributed by atoms with E-state index in [2.05, 4.69) is 15.6 Å². The molecule has 2 N–H and O–H groups in total. The molecule has 2 aromatic rings. The van der Waals surface area contributed by atoms with Crippen LogP contribution in [0, 0.1) is 5.82 Å². The smallest absolute Gasteiger partial charge is 0.249 e. The number of rotatable bonds is 5. The van der Waals surface area contributed by atoms with Gasteiger partial charge in [0.25, 0.3) is 0 Å². The lowest BCUT2D eigenvalue weighted by Gasteiger charge is -2.38. The number of nitrogens with zero attached hydrogens (tertiary/aromatic N) is 3. The number of benzene rings is 2. The van der Waals surface area contributed by atoms with E-state index in [0.29, 0.717) is 55.0 Å². The molecule has 0 aliphatic carbocycles. The quantitative estimate of drug-likeness (QED) is 0.715. The van der Waals surface area contributed by atoms with Crippen LogP contribution in [-0.2, 0) is 9.59 Å². The SMILES string of the molecule is COc1ccc(OC)c(NC(=O)[C@H]2CC(=O)NC(N3CCN(c4ccccc4F)CC3)=N2)c1. The molecule has 0 aromatic heterocycles. The van der Waals surface area contributed by atoms with E-state index in [0.717, 1.165) is 0 Å². The molecule has 33 heavy (non-hydrogen) atoms. The van der Waals surface area contributed by atoms with Gasteiger partial charge in [0.15, 0.2) is 0 Å². The van der Waals surface area contributed by atoms with E-state index >= 15 is 0 Å². The summed E-state index contributed by atoms with van der Waals surface area (Å²) >= 11 is 0. The maximum atomic E-state index is 14.1. The molecule has 0 unspecified atom stereocenters. The number of piperazine rings is 1. The second kappa shape index (κ2) is 9.76. The van der Waals surface area contributed by atoms with Gasteiger partial charge in [-0.1, -0.05) is 12.1 Å². The molecule has 0 saturated carbocycles. The van der Waals surface area contributed by atoms with Crippen molar-refractivity contribution in [2.45, 2.75) is 12.5 Å². The number of guanidine groups is 1. The van der Waals surface area contributed by atoms with Crippen molar-refractivity contribution >= 4 is 29.1 Å². The van der Waals surface area contributed by atoms with Gasteiger partial charge in [0.2, 0.25) is 17.8 Å². The van der Waals surface area contributed by atoms with Crippen molar-refractivity contribution in [2.75, 3.05) is 50.6 Å². The average molecular weight is 455 g/mol. The largest absolute Gasteiger partial charge is 0.497 e. The Bertz CT molecular complexity index is 1070. The molecule has 1 fully saturated rings. The second-order valence-corrected chi connectivity index (χ2v) is 7.70. The van der Waals surface area contributed by atoms with Crippen molar-refractivity contribution in [1.29, 1.82) is 0 Å². The summed E-state index contributed by atoms with van der Waals surface area (Å²) in [5, 5.41) is 5.55. The molecule has 2 heterocycles. The molecule has 2 aromatic carbocycles. The third-order valence-corrected chi connectivity index (χ3v) is 5.65. The molecule has 0 radical (unpaired) electrons. The zero-order valence-electron chi connectivity index (χ0n) is 18.5. The van der Waals surface area contributed by atoms with E-state index < -0.39 is 11.9 Å². The number of methoxy groups -OCH3 is 2. The fourth-order valence-corrected chi connectivity index (χ4v) is 3.88. The molecule has 2 aliphatic rings. The van der Waals surface area contributed by atoms with Crippen LogP contribution in [0.15, 0.2) is 47.5 Å². The van der Waals surface area contributed by atoms with E-state index in [-0.39, 0.29) is 18.1 Å². The predicted molar refractivity (Wildman–Crippen MR) is 122 cm³/mol. The molecule has 0 bridgehead atoms. The maximum absolute atomic E-state index is 14.1. The number of hydrogen-bond acceptors (Lipinski definition) is 7. The number of carbonyl (C=O) groups is 2. The maximum Gasteiger partial charge on any atom is 0.249 e. The van der Waals surface area contributed by atoms with Crippen LogP contribution in [-0.4, -0.2) is 69.1 Å². The molecule has 1 saturated heterocycles. The summed E-state index contributed by atoms with van der Waals surface area (Å²) in [6.07, 6.45) is -0.0587. The molecule has 2 aliphatic heterocycles. The topological polar surface area (TPSA) is 95.5 Å². The van der Waals surface area contributed by atoms with E-state index in [1.807, 2.05) is 9.80 Å². The molecule has 1 atom stereocenters. The van der Waals surface area contributed by atoms with Gasteiger partial charge in [-0.2, -0.15) is 0 Å². The Morgan fingerprint density at radius 1 is 1.09 bits per heavy atom. The van der Waals surface area contributed by atoms with Crippen LogP contribution >= 0.6 is 0 Å². The van der Waals surface area contributed by atoms with E-state index in [1.54, 1.807) is 36.4 Å². The van der Waals surface area contributed by atoms with Gasteiger partial charge < -0.3 is 24.6 Å². The van der Waals surface area contributed by atoms with Gasteiger partial charge in [-0.25, -0.2) is 9.38 Å². The minimum absolute atomic E-state index is 0.0587. The molecule has 2 amide bonds. The molecule has 174 valence electrons. The number of hydrogen-bond donors (Lipinski definition) is 2. The first-order valence-electron chi connectivity index (χ1n) is 10.6. The fraction of sp³-hybridized carbons (Fsp3) is 0.348.